The molecule has 0 bridgehead atoms. The molecule has 13 heavy (non-hydrogen) atoms. The summed E-state index contributed by atoms with van der Waals surface area (Å²) in [5.74, 6) is 0.451. The molecule has 1 aliphatic carbocycles. The fourth-order valence-electron chi connectivity index (χ4n) is 2.79. The van der Waals surface area contributed by atoms with Crippen LogP contribution in [0.1, 0.15) is 26.2 Å². The van der Waals surface area contributed by atoms with E-state index in [1.807, 2.05) is 6.92 Å². The third-order valence-corrected chi connectivity index (χ3v) is 3.88. The monoisotopic (exact) mass is 182 g/mol. The van der Waals surface area contributed by atoms with Crippen molar-refractivity contribution in [3.63, 3.8) is 0 Å². The Morgan fingerprint density at radius 2 is 2.08 bits per heavy atom. The van der Waals surface area contributed by atoms with Crippen LogP contribution in [0.15, 0.2) is 0 Å². The topological polar surface area (TPSA) is 55.1 Å². The first-order valence-electron chi connectivity index (χ1n) is 5.15. The van der Waals surface area contributed by atoms with Crippen LogP contribution in [0.25, 0.3) is 0 Å². The van der Waals surface area contributed by atoms with Crippen LogP contribution in [0.3, 0.4) is 0 Å². The molecule has 0 aromatic rings. The number of piperidine rings is 1. The Labute approximate surface area is 79.1 Å². The third kappa shape index (κ3) is 1.30. The highest BCUT2D eigenvalue weighted by atomic mass is 16.1. The molecule has 1 saturated heterocycles. The summed E-state index contributed by atoms with van der Waals surface area (Å²) < 4.78 is 0. The van der Waals surface area contributed by atoms with Crippen molar-refractivity contribution in [2.45, 2.75) is 32.2 Å². The fourth-order valence-corrected chi connectivity index (χ4v) is 2.79. The van der Waals surface area contributed by atoms with Crippen LogP contribution in [0, 0.1) is 11.3 Å². The molecular formula is C10H18N2O. The highest BCUT2D eigenvalue weighted by Gasteiger charge is 2.49. The normalized spacial score (nSPS) is 38.5. The van der Waals surface area contributed by atoms with Gasteiger partial charge in [0.2, 0.25) is 0 Å². The van der Waals surface area contributed by atoms with Gasteiger partial charge in [0.1, 0.15) is 5.78 Å². The lowest BCUT2D eigenvalue weighted by Crippen LogP contribution is -2.46. The van der Waals surface area contributed by atoms with Gasteiger partial charge in [-0.25, -0.2) is 0 Å². The van der Waals surface area contributed by atoms with Crippen molar-refractivity contribution < 1.29 is 4.79 Å². The fraction of sp³-hybridized carbons (Fsp3) is 0.900. The Hall–Kier alpha value is -0.410. The van der Waals surface area contributed by atoms with E-state index < -0.39 is 0 Å². The summed E-state index contributed by atoms with van der Waals surface area (Å²) in [6.45, 7) is 4.02. The summed E-state index contributed by atoms with van der Waals surface area (Å²) in [6, 6.07) is 0.0992. The second-order valence-electron chi connectivity index (χ2n) is 4.57. The number of carbonyl (C=O) groups is 1. The number of hydrogen-bond donors (Lipinski definition) is 2. The molecule has 2 rings (SSSR count). The summed E-state index contributed by atoms with van der Waals surface area (Å²) in [4.78, 5) is 11.6. The molecule has 1 heterocycles. The van der Waals surface area contributed by atoms with Gasteiger partial charge in [0.05, 0.1) is 0 Å². The molecule has 1 spiro atoms. The SMILES string of the molecule is C[C@H]1C(=O)CC2(CCNCC2)[C@H]1N. The lowest BCUT2D eigenvalue weighted by atomic mass is 9.74. The molecule has 0 radical (unpaired) electrons. The minimum absolute atomic E-state index is 0.0816. The summed E-state index contributed by atoms with van der Waals surface area (Å²) in [7, 11) is 0. The summed E-state index contributed by atoms with van der Waals surface area (Å²) in [5.41, 5.74) is 6.27. The van der Waals surface area contributed by atoms with Crippen LogP contribution in [0.4, 0.5) is 0 Å². The molecule has 3 heteroatoms. The van der Waals surface area contributed by atoms with Crippen LogP contribution in [0.2, 0.25) is 0 Å². The van der Waals surface area contributed by atoms with Crippen LogP contribution >= 0.6 is 0 Å². The molecule has 0 unspecified atom stereocenters. The molecule has 0 aromatic heterocycles. The van der Waals surface area contributed by atoms with Crippen LogP contribution < -0.4 is 11.1 Å². The maximum atomic E-state index is 11.6. The third-order valence-electron chi connectivity index (χ3n) is 3.88. The van der Waals surface area contributed by atoms with Gasteiger partial charge in [0.15, 0.2) is 0 Å². The van der Waals surface area contributed by atoms with E-state index in [1.165, 1.54) is 0 Å². The Morgan fingerprint density at radius 3 is 2.54 bits per heavy atom. The number of nitrogens with two attached hydrogens (primary N) is 1. The Bertz CT molecular complexity index is 221. The van der Waals surface area contributed by atoms with Crippen molar-refractivity contribution in [1.82, 2.24) is 5.32 Å². The highest BCUT2D eigenvalue weighted by Crippen LogP contribution is 2.44. The maximum Gasteiger partial charge on any atom is 0.137 e. The maximum absolute atomic E-state index is 11.6. The van der Waals surface area contributed by atoms with E-state index in [9.17, 15) is 4.79 Å². The Balaban J connectivity index is 2.18. The number of nitrogens with one attached hydrogen (secondary N) is 1. The van der Waals surface area contributed by atoms with Crippen molar-refractivity contribution >= 4 is 5.78 Å². The largest absolute Gasteiger partial charge is 0.327 e. The van der Waals surface area contributed by atoms with Crippen LogP contribution in [-0.4, -0.2) is 24.9 Å². The van der Waals surface area contributed by atoms with Gasteiger partial charge in [0, 0.05) is 18.4 Å². The van der Waals surface area contributed by atoms with Gasteiger partial charge in [-0.3, -0.25) is 4.79 Å². The predicted octanol–water partition coefficient (Wildman–Crippen LogP) is 0.292. The average molecular weight is 182 g/mol. The Kier molecular flexibility index (Phi) is 2.16. The molecule has 1 aliphatic heterocycles. The van der Waals surface area contributed by atoms with Crippen LogP contribution in [-0.2, 0) is 4.79 Å². The summed E-state index contributed by atoms with van der Waals surface area (Å²) >= 11 is 0. The minimum Gasteiger partial charge on any atom is -0.327 e. The molecule has 2 aliphatic rings. The van der Waals surface area contributed by atoms with Gasteiger partial charge in [-0.1, -0.05) is 6.92 Å². The van der Waals surface area contributed by atoms with Crippen molar-refractivity contribution in [1.29, 1.82) is 0 Å². The lowest BCUT2D eigenvalue weighted by Gasteiger charge is -2.37. The summed E-state index contributed by atoms with van der Waals surface area (Å²) in [6.07, 6.45) is 2.87. The van der Waals surface area contributed by atoms with Gasteiger partial charge < -0.3 is 11.1 Å². The predicted molar refractivity (Wildman–Crippen MR) is 51.3 cm³/mol. The Morgan fingerprint density at radius 1 is 1.46 bits per heavy atom. The van der Waals surface area contributed by atoms with Crippen molar-refractivity contribution in [2.75, 3.05) is 13.1 Å². The van der Waals surface area contributed by atoms with E-state index in [-0.39, 0.29) is 17.4 Å². The van der Waals surface area contributed by atoms with E-state index in [0.29, 0.717) is 5.78 Å². The molecule has 0 aromatic carbocycles. The van der Waals surface area contributed by atoms with Gasteiger partial charge in [-0.15, -0.1) is 0 Å². The van der Waals surface area contributed by atoms with E-state index in [1.54, 1.807) is 0 Å². The molecule has 2 atom stereocenters. The molecule has 74 valence electrons. The van der Waals surface area contributed by atoms with Crippen molar-refractivity contribution in [3.8, 4) is 0 Å². The standard InChI is InChI=1S/C10H18N2O/c1-7-8(13)6-10(9(7)11)2-4-12-5-3-10/h7,9,12H,2-6,11H2,1H3/t7-,9-/m0/s1. The second-order valence-corrected chi connectivity index (χ2v) is 4.57. The van der Waals surface area contributed by atoms with Gasteiger partial charge in [-0.05, 0) is 31.3 Å². The van der Waals surface area contributed by atoms with E-state index in [2.05, 4.69) is 5.32 Å². The van der Waals surface area contributed by atoms with Crippen LogP contribution in [0.5, 0.6) is 0 Å². The second kappa shape index (κ2) is 3.07. The van der Waals surface area contributed by atoms with E-state index in [0.717, 1.165) is 32.4 Å². The molecule has 3 N–H and O–H groups in total. The quantitative estimate of drug-likeness (QED) is 0.566. The molecule has 0 amide bonds. The minimum atomic E-state index is 0.0816. The average Bonchev–Trinajstić information content (AvgIpc) is 2.33. The van der Waals surface area contributed by atoms with Crippen molar-refractivity contribution in [2.24, 2.45) is 17.1 Å². The highest BCUT2D eigenvalue weighted by molar-refractivity contribution is 5.85. The van der Waals surface area contributed by atoms with Gasteiger partial charge >= 0.3 is 0 Å². The number of ketones is 1. The molecular weight excluding hydrogens is 164 g/mol. The molecule has 1 saturated carbocycles. The zero-order valence-corrected chi connectivity index (χ0v) is 8.18. The first kappa shape index (κ1) is 9.16. The lowest BCUT2D eigenvalue weighted by molar-refractivity contribution is -0.120. The number of carbonyl (C=O) groups excluding carboxylic acids is 1. The van der Waals surface area contributed by atoms with E-state index >= 15 is 0 Å². The van der Waals surface area contributed by atoms with Gasteiger partial charge in [-0.2, -0.15) is 0 Å². The zero-order valence-electron chi connectivity index (χ0n) is 8.18. The first-order chi connectivity index (χ1) is 6.16. The number of hydrogen-bond acceptors (Lipinski definition) is 3. The zero-order chi connectivity index (χ0) is 9.47. The van der Waals surface area contributed by atoms with Crippen molar-refractivity contribution in [3.05, 3.63) is 0 Å². The summed E-state index contributed by atoms with van der Waals surface area (Å²) in [5, 5.41) is 3.32. The molecule has 2 fully saturated rings. The number of rotatable bonds is 0. The molecule has 3 nitrogen and oxygen atoms in total. The van der Waals surface area contributed by atoms with E-state index in [4.69, 9.17) is 5.73 Å². The smallest absolute Gasteiger partial charge is 0.137 e. The first-order valence-corrected chi connectivity index (χ1v) is 5.15. The van der Waals surface area contributed by atoms with Gasteiger partial charge in [0.25, 0.3) is 0 Å². The number of Topliss-reactive ketones (excluding diaryl/α,β-unsaturated/α-hetero) is 1.